The first-order valence-corrected chi connectivity index (χ1v) is 8.55. The number of hydrogen-bond donors (Lipinski definition) is 3. The molecule has 0 aromatic heterocycles. The number of carbonyl (C=O) groups is 1. The summed E-state index contributed by atoms with van der Waals surface area (Å²) in [7, 11) is 3.42. The van der Waals surface area contributed by atoms with Crippen molar-refractivity contribution in [1.82, 2.24) is 10.6 Å². The Bertz CT molecular complexity index is 759. The van der Waals surface area contributed by atoms with Gasteiger partial charge in [-0.1, -0.05) is 30.3 Å². The highest BCUT2D eigenvalue weighted by Crippen LogP contribution is 2.17. The molecule has 0 atom stereocenters. The van der Waals surface area contributed by atoms with Crippen molar-refractivity contribution in [2.24, 2.45) is 4.99 Å². The van der Waals surface area contributed by atoms with Crippen LogP contribution in [0.5, 0.6) is 5.75 Å². The van der Waals surface area contributed by atoms with Crippen LogP contribution >= 0.6 is 0 Å². The summed E-state index contributed by atoms with van der Waals surface area (Å²) in [5.74, 6) is 1.54. The molecule has 0 saturated carbocycles. The summed E-state index contributed by atoms with van der Waals surface area (Å²) in [6.07, 6.45) is 0.836. The lowest BCUT2D eigenvalue weighted by Crippen LogP contribution is -2.37. The number of nitrogens with zero attached hydrogens (tertiary/aromatic N) is 1. The number of hydrogen-bond acceptors (Lipinski definition) is 3. The van der Waals surface area contributed by atoms with Crippen LogP contribution in [-0.4, -0.2) is 32.6 Å². The molecule has 0 aliphatic carbocycles. The molecule has 0 fully saturated rings. The molecule has 3 N–H and O–H groups in total. The molecule has 0 bridgehead atoms. The van der Waals surface area contributed by atoms with Gasteiger partial charge in [-0.15, -0.1) is 0 Å². The van der Waals surface area contributed by atoms with E-state index >= 15 is 0 Å². The average Bonchev–Trinajstić information content (AvgIpc) is 2.64. The van der Waals surface area contributed by atoms with Crippen LogP contribution in [0.3, 0.4) is 0 Å². The number of nitrogens with one attached hydrogen (secondary N) is 3. The van der Waals surface area contributed by atoms with Gasteiger partial charge in [-0.3, -0.25) is 9.79 Å². The lowest BCUT2D eigenvalue weighted by Gasteiger charge is -2.13. The molecular formula is C20H26N4O2. The number of aliphatic imine (C=N–C) groups is 1. The number of rotatable bonds is 7. The third-order valence-corrected chi connectivity index (χ3v) is 3.81. The van der Waals surface area contributed by atoms with Gasteiger partial charge in [-0.05, 0) is 35.7 Å². The highest BCUT2D eigenvalue weighted by Gasteiger charge is 2.03. The molecular weight excluding hydrogens is 328 g/mol. The normalized spacial score (nSPS) is 11.0. The topological polar surface area (TPSA) is 74.8 Å². The van der Waals surface area contributed by atoms with E-state index in [-0.39, 0.29) is 5.91 Å². The third-order valence-electron chi connectivity index (χ3n) is 3.81. The molecule has 0 aliphatic heterocycles. The third kappa shape index (κ3) is 6.12. The van der Waals surface area contributed by atoms with Crippen molar-refractivity contribution in [2.45, 2.75) is 19.9 Å². The van der Waals surface area contributed by atoms with Gasteiger partial charge in [0, 0.05) is 32.7 Å². The van der Waals surface area contributed by atoms with Crippen LogP contribution < -0.4 is 20.7 Å². The van der Waals surface area contributed by atoms with E-state index in [4.69, 9.17) is 4.74 Å². The maximum Gasteiger partial charge on any atom is 0.221 e. The molecule has 1 amide bonds. The van der Waals surface area contributed by atoms with Gasteiger partial charge in [0.05, 0.1) is 7.11 Å². The number of methoxy groups -OCH3 is 1. The van der Waals surface area contributed by atoms with Gasteiger partial charge >= 0.3 is 0 Å². The second kappa shape index (κ2) is 10.1. The second-order valence-electron chi connectivity index (χ2n) is 5.80. The number of carbonyl (C=O) groups excluding carboxylic acids is 1. The van der Waals surface area contributed by atoms with Crippen LogP contribution in [-0.2, 0) is 17.8 Å². The van der Waals surface area contributed by atoms with Crippen LogP contribution in [0.1, 0.15) is 18.1 Å². The van der Waals surface area contributed by atoms with Crippen LogP contribution in [0, 0.1) is 0 Å². The number of para-hydroxylation sites is 1. The fourth-order valence-corrected chi connectivity index (χ4v) is 2.59. The summed E-state index contributed by atoms with van der Waals surface area (Å²) in [6.45, 7) is 2.85. The van der Waals surface area contributed by atoms with Crippen molar-refractivity contribution in [2.75, 3.05) is 26.0 Å². The van der Waals surface area contributed by atoms with E-state index in [0.717, 1.165) is 41.5 Å². The molecule has 2 rings (SSSR count). The Labute approximate surface area is 154 Å². The van der Waals surface area contributed by atoms with Crippen LogP contribution in [0.2, 0.25) is 0 Å². The summed E-state index contributed by atoms with van der Waals surface area (Å²) < 4.78 is 5.37. The molecule has 0 spiro atoms. The molecule has 2 aromatic rings. The molecule has 2 aromatic carbocycles. The molecule has 0 saturated heterocycles. The van der Waals surface area contributed by atoms with Crippen molar-refractivity contribution >= 4 is 17.6 Å². The van der Waals surface area contributed by atoms with Gasteiger partial charge in [0.2, 0.25) is 5.91 Å². The number of guanidine groups is 1. The Balaban J connectivity index is 1.83. The first-order valence-electron chi connectivity index (χ1n) is 8.55. The van der Waals surface area contributed by atoms with E-state index in [0.29, 0.717) is 6.54 Å². The van der Waals surface area contributed by atoms with E-state index in [2.05, 4.69) is 27.0 Å². The maximum atomic E-state index is 11.2. The van der Waals surface area contributed by atoms with Gasteiger partial charge in [-0.2, -0.15) is 0 Å². The van der Waals surface area contributed by atoms with Crippen LogP contribution in [0.25, 0.3) is 0 Å². The van der Waals surface area contributed by atoms with E-state index in [1.807, 2.05) is 42.5 Å². The van der Waals surface area contributed by atoms with Crippen molar-refractivity contribution < 1.29 is 9.53 Å². The van der Waals surface area contributed by atoms with E-state index in [1.54, 1.807) is 14.2 Å². The van der Waals surface area contributed by atoms with Crippen LogP contribution in [0.15, 0.2) is 53.5 Å². The zero-order valence-corrected chi connectivity index (χ0v) is 15.5. The smallest absolute Gasteiger partial charge is 0.221 e. The first kappa shape index (κ1) is 19.3. The molecule has 6 heteroatoms. The molecule has 6 nitrogen and oxygen atoms in total. The number of benzene rings is 2. The SMILES string of the molecule is CN=C(NCCc1ccccc1OC)NCc1cccc(NC(C)=O)c1. The van der Waals surface area contributed by atoms with Gasteiger partial charge in [0.25, 0.3) is 0 Å². The maximum absolute atomic E-state index is 11.2. The molecule has 138 valence electrons. The monoisotopic (exact) mass is 354 g/mol. The average molecular weight is 354 g/mol. The largest absolute Gasteiger partial charge is 0.496 e. The Kier molecular flexibility index (Phi) is 7.49. The lowest BCUT2D eigenvalue weighted by atomic mass is 10.1. The summed E-state index contributed by atoms with van der Waals surface area (Å²) in [5, 5.41) is 9.36. The lowest BCUT2D eigenvalue weighted by molar-refractivity contribution is -0.114. The summed E-state index contributed by atoms with van der Waals surface area (Å²) >= 11 is 0. The Morgan fingerprint density at radius 3 is 2.65 bits per heavy atom. The van der Waals surface area contributed by atoms with Gasteiger partial charge in [0.1, 0.15) is 5.75 Å². The predicted molar refractivity (Wildman–Crippen MR) is 106 cm³/mol. The summed E-state index contributed by atoms with van der Waals surface area (Å²) in [5.41, 5.74) is 3.00. The van der Waals surface area contributed by atoms with Crippen LogP contribution in [0.4, 0.5) is 5.69 Å². The number of ether oxygens (including phenoxy) is 1. The van der Waals surface area contributed by atoms with Crippen molar-refractivity contribution in [3.8, 4) is 5.75 Å². The fraction of sp³-hybridized carbons (Fsp3) is 0.300. The Morgan fingerprint density at radius 1 is 1.12 bits per heavy atom. The second-order valence-corrected chi connectivity index (χ2v) is 5.80. The predicted octanol–water partition coefficient (Wildman–Crippen LogP) is 2.56. The fourth-order valence-electron chi connectivity index (χ4n) is 2.59. The van der Waals surface area contributed by atoms with Gasteiger partial charge in [0.15, 0.2) is 5.96 Å². The zero-order valence-electron chi connectivity index (χ0n) is 15.5. The minimum atomic E-state index is -0.0797. The van der Waals surface area contributed by atoms with E-state index in [9.17, 15) is 4.79 Å². The minimum Gasteiger partial charge on any atom is -0.496 e. The molecule has 0 radical (unpaired) electrons. The first-order chi connectivity index (χ1) is 12.6. The van der Waals surface area contributed by atoms with E-state index in [1.165, 1.54) is 6.92 Å². The zero-order chi connectivity index (χ0) is 18.8. The van der Waals surface area contributed by atoms with Crippen molar-refractivity contribution in [3.05, 3.63) is 59.7 Å². The standard InChI is InChI=1S/C20H26N4O2/c1-15(25)24-18-9-6-7-16(13-18)14-23-20(21-2)22-12-11-17-8-4-5-10-19(17)26-3/h4-10,13H,11-12,14H2,1-3H3,(H,24,25)(H2,21,22,23). The highest BCUT2D eigenvalue weighted by molar-refractivity contribution is 5.88. The minimum absolute atomic E-state index is 0.0797. The molecule has 0 unspecified atom stereocenters. The van der Waals surface area contributed by atoms with Crippen molar-refractivity contribution in [1.29, 1.82) is 0 Å². The van der Waals surface area contributed by atoms with Gasteiger partial charge < -0.3 is 20.7 Å². The highest BCUT2D eigenvalue weighted by atomic mass is 16.5. The summed E-state index contributed by atoms with van der Waals surface area (Å²) in [6, 6.07) is 15.7. The van der Waals surface area contributed by atoms with Gasteiger partial charge in [-0.25, -0.2) is 0 Å². The number of amides is 1. The molecule has 0 aliphatic rings. The molecule has 26 heavy (non-hydrogen) atoms. The quantitative estimate of drug-likeness (QED) is 0.528. The Hall–Kier alpha value is -3.02. The van der Waals surface area contributed by atoms with Crippen molar-refractivity contribution in [3.63, 3.8) is 0 Å². The summed E-state index contributed by atoms with van der Waals surface area (Å²) in [4.78, 5) is 15.4. The molecule has 0 heterocycles. The number of anilines is 1. The van der Waals surface area contributed by atoms with E-state index < -0.39 is 0 Å². The Morgan fingerprint density at radius 2 is 1.92 bits per heavy atom.